The van der Waals surface area contributed by atoms with Crippen LogP contribution in [0.4, 0.5) is 9.18 Å². The number of halogens is 1. The van der Waals surface area contributed by atoms with E-state index >= 15 is 0 Å². The second-order valence-electron chi connectivity index (χ2n) is 7.10. The van der Waals surface area contributed by atoms with Gasteiger partial charge in [0.1, 0.15) is 17.2 Å². The Kier molecular flexibility index (Phi) is 6.20. The average molecular weight is 371 g/mol. The summed E-state index contributed by atoms with van der Waals surface area (Å²) in [6.07, 6.45) is 2.24. The molecule has 0 bridgehead atoms. The Morgan fingerprint density at radius 3 is 2.19 bits per heavy atom. The Balaban J connectivity index is 2.12. The zero-order valence-corrected chi connectivity index (χ0v) is 14.9. The van der Waals surface area contributed by atoms with Crippen molar-refractivity contribution in [2.75, 3.05) is 6.61 Å². The summed E-state index contributed by atoms with van der Waals surface area (Å²) >= 11 is 0. The summed E-state index contributed by atoms with van der Waals surface area (Å²) < 4.78 is 19.6. The van der Waals surface area contributed by atoms with Crippen molar-refractivity contribution in [2.45, 2.75) is 75.5 Å². The lowest BCUT2D eigenvalue weighted by molar-refractivity contribution is -0.145. The molecule has 0 saturated heterocycles. The first-order valence-electron chi connectivity index (χ1n) is 9.00. The molecule has 1 unspecified atom stereocenters. The molecular formula is C17H26FN3O5. The third-order valence-corrected chi connectivity index (χ3v) is 5.18. The number of Topliss-reactive ketones (excluding diaryl/α,β-unsaturated/α-hetero) is 1. The molecule has 0 aromatic rings. The number of hydrogen-bond acceptors (Lipinski definition) is 5. The first-order valence-corrected chi connectivity index (χ1v) is 9.00. The average Bonchev–Trinajstić information content (AvgIpc) is 2.96. The second-order valence-corrected chi connectivity index (χ2v) is 7.10. The molecule has 0 heterocycles. The monoisotopic (exact) mass is 371 g/mol. The van der Waals surface area contributed by atoms with E-state index in [1.807, 2.05) is 0 Å². The molecule has 1 atom stereocenters. The van der Waals surface area contributed by atoms with Crippen LogP contribution in [0.2, 0.25) is 0 Å². The fraction of sp³-hybridized carbons (Fsp3) is 0.765. The maximum atomic E-state index is 14.9. The molecule has 3 amide bonds. The molecule has 2 aliphatic rings. The molecule has 0 aliphatic heterocycles. The number of primary amides is 1. The Morgan fingerprint density at radius 2 is 1.73 bits per heavy atom. The molecule has 0 aromatic heterocycles. The van der Waals surface area contributed by atoms with Crippen molar-refractivity contribution in [1.29, 1.82) is 0 Å². The predicted octanol–water partition coefficient (Wildman–Crippen LogP) is 0.867. The minimum atomic E-state index is -1.55. The standard InChI is InChI=1S/C17H26FN3O5/c1-2-26-15(25)20-11(10-16(18)6-3-4-7-16)14(24)21-17(8-5-9-17)12(22)13(19)23/h11H,2-10H2,1H3,(H2,19,23)(H,20,25)(H,21,24). The smallest absolute Gasteiger partial charge is 0.407 e. The Morgan fingerprint density at radius 1 is 1.12 bits per heavy atom. The normalized spacial score (nSPS) is 21.2. The van der Waals surface area contributed by atoms with Gasteiger partial charge in [-0.25, -0.2) is 9.18 Å². The highest BCUT2D eigenvalue weighted by Gasteiger charge is 2.49. The lowest BCUT2D eigenvalue weighted by Crippen LogP contribution is -2.65. The Labute approximate surface area is 151 Å². The van der Waals surface area contributed by atoms with E-state index in [1.54, 1.807) is 6.92 Å². The third-order valence-electron chi connectivity index (χ3n) is 5.18. The highest BCUT2D eigenvalue weighted by atomic mass is 19.1. The van der Waals surface area contributed by atoms with Crippen LogP contribution in [0.3, 0.4) is 0 Å². The number of carbonyl (C=O) groups is 4. The third kappa shape index (κ3) is 4.50. The maximum Gasteiger partial charge on any atom is 0.407 e. The minimum Gasteiger partial charge on any atom is -0.450 e. The summed E-state index contributed by atoms with van der Waals surface area (Å²) in [5.74, 6) is -2.71. The van der Waals surface area contributed by atoms with E-state index in [0.717, 1.165) is 0 Å². The number of ketones is 1. The number of hydrogen-bond donors (Lipinski definition) is 3. The lowest BCUT2D eigenvalue weighted by Gasteiger charge is -2.41. The second kappa shape index (κ2) is 8.01. The van der Waals surface area contributed by atoms with Gasteiger partial charge in [-0.2, -0.15) is 0 Å². The van der Waals surface area contributed by atoms with Crippen LogP contribution in [0.25, 0.3) is 0 Å². The SMILES string of the molecule is CCOC(=O)NC(CC1(F)CCCC1)C(=O)NC1(C(=O)C(N)=O)CCC1. The van der Waals surface area contributed by atoms with Crippen molar-refractivity contribution in [1.82, 2.24) is 10.6 Å². The largest absolute Gasteiger partial charge is 0.450 e. The summed E-state index contributed by atoms with van der Waals surface area (Å²) in [5, 5.41) is 4.89. The number of rotatable bonds is 8. The van der Waals surface area contributed by atoms with E-state index in [1.165, 1.54) is 0 Å². The van der Waals surface area contributed by atoms with Crippen molar-refractivity contribution in [3.63, 3.8) is 0 Å². The van der Waals surface area contributed by atoms with Crippen LogP contribution in [0.15, 0.2) is 0 Å². The summed E-state index contributed by atoms with van der Waals surface area (Å²) in [5.41, 5.74) is 2.16. The van der Waals surface area contributed by atoms with Gasteiger partial charge in [-0.05, 0) is 39.0 Å². The van der Waals surface area contributed by atoms with Gasteiger partial charge in [-0.15, -0.1) is 0 Å². The molecular weight excluding hydrogens is 345 g/mol. The summed E-state index contributed by atoms with van der Waals surface area (Å²) in [4.78, 5) is 47.8. The topological polar surface area (TPSA) is 128 Å². The molecule has 8 nitrogen and oxygen atoms in total. The van der Waals surface area contributed by atoms with E-state index in [-0.39, 0.29) is 25.9 Å². The van der Waals surface area contributed by atoms with Crippen LogP contribution in [-0.2, 0) is 19.1 Å². The van der Waals surface area contributed by atoms with Crippen molar-refractivity contribution in [3.8, 4) is 0 Å². The molecule has 4 N–H and O–H groups in total. The molecule has 2 saturated carbocycles. The number of alkyl halides is 1. The number of nitrogens with one attached hydrogen (secondary N) is 2. The van der Waals surface area contributed by atoms with Crippen molar-refractivity contribution >= 4 is 23.7 Å². The van der Waals surface area contributed by atoms with Crippen LogP contribution >= 0.6 is 0 Å². The van der Waals surface area contributed by atoms with Gasteiger partial charge < -0.3 is 21.1 Å². The van der Waals surface area contributed by atoms with E-state index in [0.29, 0.717) is 32.1 Å². The zero-order valence-electron chi connectivity index (χ0n) is 14.9. The fourth-order valence-electron chi connectivity index (χ4n) is 3.60. The van der Waals surface area contributed by atoms with Gasteiger partial charge in [0.25, 0.3) is 5.91 Å². The van der Waals surface area contributed by atoms with Gasteiger partial charge in [0.2, 0.25) is 11.7 Å². The van der Waals surface area contributed by atoms with Gasteiger partial charge >= 0.3 is 6.09 Å². The lowest BCUT2D eigenvalue weighted by atomic mass is 9.73. The number of carbonyl (C=O) groups excluding carboxylic acids is 4. The predicted molar refractivity (Wildman–Crippen MR) is 89.8 cm³/mol. The molecule has 0 aromatic carbocycles. The van der Waals surface area contributed by atoms with Crippen LogP contribution < -0.4 is 16.4 Å². The molecule has 2 rings (SSSR count). The van der Waals surface area contributed by atoms with Gasteiger partial charge in [-0.3, -0.25) is 14.4 Å². The molecule has 0 radical (unpaired) electrons. The molecule has 9 heteroatoms. The highest BCUT2D eigenvalue weighted by molar-refractivity contribution is 6.39. The van der Waals surface area contributed by atoms with Crippen LogP contribution in [0.1, 0.15) is 58.3 Å². The molecule has 26 heavy (non-hydrogen) atoms. The van der Waals surface area contributed by atoms with E-state index in [2.05, 4.69) is 10.6 Å². The summed E-state index contributed by atoms with van der Waals surface area (Å²) in [6.45, 7) is 1.71. The minimum absolute atomic E-state index is 0.102. The van der Waals surface area contributed by atoms with Gasteiger partial charge in [0, 0.05) is 6.42 Å². The van der Waals surface area contributed by atoms with Crippen molar-refractivity contribution in [3.05, 3.63) is 0 Å². The summed E-state index contributed by atoms with van der Waals surface area (Å²) in [6, 6.07) is -1.20. The Hall–Kier alpha value is -2.19. The van der Waals surface area contributed by atoms with Crippen LogP contribution in [-0.4, -0.2) is 47.5 Å². The fourth-order valence-corrected chi connectivity index (χ4v) is 3.60. The molecule has 146 valence electrons. The van der Waals surface area contributed by atoms with Crippen molar-refractivity contribution in [2.24, 2.45) is 5.73 Å². The van der Waals surface area contributed by atoms with Crippen LogP contribution in [0, 0.1) is 0 Å². The number of nitrogens with two attached hydrogens (primary N) is 1. The van der Waals surface area contributed by atoms with E-state index in [4.69, 9.17) is 10.5 Å². The molecule has 2 fully saturated rings. The van der Waals surface area contributed by atoms with Crippen molar-refractivity contribution < 1.29 is 28.3 Å². The van der Waals surface area contributed by atoms with E-state index < -0.39 is 40.9 Å². The molecule has 2 aliphatic carbocycles. The number of ether oxygens (including phenoxy) is 1. The quantitative estimate of drug-likeness (QED) is 0.546. The summed E-state index contributed by atoms with van der Waals surface area (Å²) in [7, 11) is 0. The maximum absolute atomic E-state index is 14.9. The van der Waals surface area contributed by atoms with E-state index in [9.17, 15) is 23.6 Å². The highest BCUT2D eigenvalue weighted by Crippen LogP contribution is 2.38. The zero-order chi connectivity index (χ0) is 19.4. The van der Waals surface area contributed by atoms with Gasteiger partial charge in [-0.1, -0.05) is 12.8 Å². The Bertz CT molecular complexity index is 585. The number of amides is 3. The number of alkyl carbamates (subject to hydrolysis) is 1. The first-order chi connectivity index (χ1) is 12.2. The van der Waals surface area contributed by atoms with Gasteiger partial charge in [0.05, 0.1) is 6.61 Å². The molecule has 0 spiro atoms. The van der Waals surface area contributed by atoms with Gasteiger partial charge in [0.15, 0.2) is 0 Å². The van der Waals surface area contributed by atoms with Crippen LogP contribution in [0.5, 0.6) is 0 Å². The first kappa shape index (κ1) is 20.1.